The van der Waals surface area contributed by atoms with Gasteiger partial charge in [-0.1, -0.05) is 28.1 Å². The van der Waals surface area contributed by atoms with Crippen LogP contribution in [0.3, 0.4) is 0 Å². The second kappa shape index (κ2) is 7.18. The summed E-state index contributed by atoms with van der Waals surface area (Å²) in [6, 6.07) is 13.7. The molecule has 1 N–H and O–H groups in total. The minimum absolute atomic E-state index is 0.0716. The maximum Gasteiger partial charge on any atom is 0.227 e. The molecule has 8 heteroatoms. The molecule has 0 amide bonds. The lowest BCUT2D eigenvalue weighted by Gasteiger charge is -2.31. The Morgan fingerprint density at radius 3 is 2.37 bits per heavy atom. The quantitative estimate of drug-likeness (QED) is 0.663. The highest BCUT2D eigenvalue weighted by molar-refractivity contribution is 9.10. The molecule has 140 valence electrons. The number of benzene rings is 2. The number of aliphatic hydroxyl groups excluding tert-OH is 1. The number of piperidine rings is 1. The van der Waals surface area contributed by atoms with Gasteiger partial charge in [0.15, 0.2) is 5.82 Å². The molecule has 0 saturated carbocycles. The number of anilines is 1. The molecule has 1 aliphatic rings. The van der Waals surface area contributed by atoms with Crippen LogP contribution in [0.2, 0.25) is 0 Å². The number of β-amino-alcohol motifs (C(OH)–C–C–N with tert-alkyl or cyclic N) is 1. The maximum atomic E-state index is 13.3. The molecule has 27 heavy (non-hydrogen) atoms. The monoisotopic (exact) mass is 447 g/mol. The van der Waals surface area contributed by atoms with E-state index in [-0.39, 0.29) is 9.92 Å². The summed E-state index contributed by atoms with van der Waals surface area (Å²) in [6.07, 6.45) is 0.968. The summed E-state index contributed by atoms with van der Waals surface area (Å²) >= 11 is 3.33. The minimum Gasteiger partial charge on any atom is -0.391 e. The molecule has 1 aliphatic heterocycles. The van der Waals surface area contributed by atoms with E-state index in [9.17, 15) is 13.5 Å². The highest BCUT2D eigenvalue weighted by Crippen LogP contribution is 2.31. The van der Waals surface area contributed by atoms with E-state index in [1.165, 1.54) is 0 Å². The predicted octanol–water partition coefficient (Wildman–Crippen LogP) is 3.19. The third kappa shape index (κ3) is 3.56. The lowest BCUT2D eigenvalue weighted by atomic mass is 10.1. The Bertz CT molecular complexity index is 1090. The van der Waals surface area contributed by atoms with Crippen LogP contribution in [0.15, 0.2) is 62.9 Å². The molecular weight excluding hydrogens is 430 g/mol. The summed E-state index contributed by atoms with van der Waals surface area (Å²) in [7, 11) is -3.86. The second-order valence-electron chi connectivity index (χ2n) is 6.54. The van der Waals surface area contributed by atoms with Crippen molar-refractivity contribution < 1.29 is 13.5 Å². The van der Waals surface area contributed by atoms with Gasteiger partial charge in [-0.15, -0.1) is 0 Å². The zero-order valence-electron chi connectivity index (χ0n) is 14.4. The first-order chi connectivity index (χ1) is 12.9. The van der Waals surface area contributed by atoms with Gasteiger partial charge in [0.2, 0.25) is 14.9 Å². The Hall–Kier alpha value is -2.03. The number of aliphatic hydroxyl groups is 1. The molecule has 1 fully saturated rings. The van der Waals surface area contributed by atoms with Crippen molar-refractivity contribution in [2.75, 3.05) is 18.0 Å². The molecule has 1 atom stereocenters. The first-order valence-corrected chi connectivity index (χ1v) is 10.9. The molecule has 2 heterocycles. The van der Waals surface area contributed by atoms with Gasteiger partial charge in [-0.2, -0.15) is 0 Å². The van der Waals surface area contributed by atoms with Crippen molar-refractivity contribution in [3.05, 3.63) is 53.0 Å². The SMILES string of the molecule is O=S(=O)(c1ccc(Br)cc1)c1nc2ccccc2nc1N1CCCC(O)C1. The third-order valence-corrected chi connectivity index (χ3v) is 6.80. The smallest absolute Gasteiger partial charge is 0.227 e. The van der Waals surface area contributed by atoms with Gasteiger partial charge in [0.05, 0.1) is 22.0 Å². The molecule has 3 aromatic rings. The average molecular weight is 448 g/mol. The van der Waals surface area contributed by atoms with Gasteiger partial charge >= 0.3 is 0 Å². The van der Waals surface area contributed by atoms with E-state index in [0.29, 0.717) is 36.4 Å². The van der Waals surface area contributed by atoms with Gasteiger partial charge in [0.1, 0.15) is 0 Å². The van der Waals surface area contributed by atoms with Crippen LogP contribution >= 0.6 is 15.9 Å². The number of fused-ring (bicyclic) bond motifs is 1. The Morgan fingerprint density at radius 1 is 1.04 bits per heavy atom. The van der Waals surface area contributed by atoms with Crippen LogP contribution in [-0.4, -0.2) is 42.7 Å². The summed E-state index contributed by atoms with van der Waals surface area (Å²) in [5, 5.41) is 9.98. The molecule has 0 aliphatic carbocycles. The molecule has 1 saturated heterocycles. The summed E-state index contributed by atoms with van der Waals surface area (Å²) in [4.78, 5) is 11.0. The lowest BCUT2D eigenvalue weighted by Crippen LogP contribution is -2.39. The molecule has 1 unspecified atom stereocenters. The maximum absolute atomic E-state index is 13.3. The first-order valence-electron chi connectivity index (χ1n) is 8.65. The van der Waals surface area contributed by atoms with Crippen LogP contribution < -0.4 is 4.90 Å². The third-order valence-electron chi connectivity index (χ3n) is 4.60. The van der Waals surface area contributed by atoms with Crippen molar-refractivity contribution in [3.8, 4) is 0 Å². The topological polar surface area (TPSA) is 83.4 Å². The standard InChI is InChI=1S/C19H18BrN3O3S/c20-13-7-9-15(10-8-13)27(25,26)19-18(23-11-3-4-14(24)12-23)21-16-5-1-2-6-17(16)22-19/h1-2,5-10,14,24H,3-4,11-12H2. The van der Waals surface area contributed by atoms with Crippen LogP contribution in [0, 0.1) is 0 Å². The fourth-order valence-electron chi connectivity index (χ4n) is 3.23. The lowest BCUT2D eigenvalue weighted by molar-refractivity contribution is 0.153. The zero-order chi connectivity index (χ0) is 19.0. The van der Waals surface area contributed by atoms with E-state index in [1.807, 2.05) is 17.0 Å². The molecule has 6 nitrogen and oxygen atoms in total. The number of sulfone groups is 1. The number of para-hydroxylation sites is 2. The predicted molar refractivity (Wildman–Crippen MR) is 107 cm³/mol. The van der Waals surface area contributed by atoms with Crippen molar-refractivity contribution in [2.45, 2.75) is 28.9 Å². The summed E-state index contributed by atoms with van der Waals surface area (Å²) in [6.45, 7) is 0.975. The van der Waals surface area contributed by atoms with Crippen molar-refractivity contribution in [3.63, 3.8) is 0 Å². The van der Waals surface area contributed by atoms with Crippen LogP contribution in [0.1, 0.15) is 12.8 Å². The van der Waals surface area contributed by atoms with E-state index in [2.05, 4.69) is 25.9 Å². The molecule has 0 bridgehead atoms. The second-order valence-corrected chi connectivity index (χ2v) is 9.32. The van der Waals surface area contributed by atoms with Gasteiger partial charge in [-0.05, 0) is 49.2 Å². The van der Waals surface area contributed by atoms with Gasteiger partial charge in [-0.25, -0.2) is 18.4 Å². The van der Waals surface area contributed by atoms with E-state index in [4.69, 9.17) is 0 Å². The van der Waals surface area contributed by atoms with E-state index in [0.717, 1.165) is 10.9 Å². The van der Waals surface area contributed by atoms with Crippen LogP contribution in [0.5, 0.6) is 0 Å². The van der Waals surface area contributed by atoms with Gasteiger partial charge in [-0.3, -0.25) is 0 Å². The van der Waals surface area contributed by atoms with Crippen molar-refractivity contribution in [1.82, 2.24) is 9.97 Å². The van der Waals surface area contributed by atoms with Gasteiger partial charge in [0.25, 0.3) is 0 Å². The fourth-order valence-corrected chi connectivity index (χ4v) is 4.85. The number of aromatic nitrogens is 2. The molecule has 0 radical (unpaired) electrons. The van der Waals surface area contributed by atoms with Crippen LogP contribution in [0.4, 0.5) is 5.82 Å². The summed E-state index contributed by atoms with van der Waals surface area (Å²) < 4.78 is 27.5. The van der Waals surface area contributed by atoms with Crippen molar-refractivity contribution >= 4 is 42.6 Å². The Kier molecular flexibility index (Phi) is 4.88. The number of rotatable bonds is 3. The minimum atomic E-state index is -3.86. The Labute approximate surface area is 165 Å². The molecular formula is C19H18BrN3O3S. The highest BCUT2D eigenvalue weighted by Gasteiger charge is 2.30. The van der Waals surface area contributed by atoms with E-state index < -0.39 is 15.9 Å². The number of hydrogen-bond acceptors (Lipinski definition) is 6. The molecule has 0 spiro atoms. The largest absolute Gasteiger partial charge is 0.391 e. The Morgan fingerprint density at radius 2 is 1.70 bits per heavy atom. The molecule has 2 aromatic carbocycles. The molecule has 1 aromatic heterocycles. The fraction of sp³-hybridized carbons (Fsp3) is 0.263. The van der Waals surface area contributed by atoms with Crippen molar-refractivity contribution in [2.24, 2.45) is 0 Å². The van der Waals surface area contributed by atoms with Gasteiger partial charge in [0, 0.05) is 17.6 Å². The zero-order valence-corrected chi connectivity index (χ0v) is 16.8. The van der Waals surface area contributed by atoms with Gasteiger partial charge < -0.3 is 10.0 Å². The van der Waals surface area contributed by atoms with Crippen LogP contribution in [-0.2, 0) is 9.84 Å². The van der Waals surface area contributed by atoms with E-state index in [1.54, 1.807) is 36.4 Å². The number of hydrogen-bond donors (Lipinski definition) is 1. The average Bonchev–Trinajstić information content (AvgIpc) is 2.67. The van der Waals surface area contributed by atoms with Crippen LogP contribution in [0.25, 0.3) is 11.0 Å². The number of nitrogens with zero attached hydrogens (tertiary/aromatic N) is 3. The Balaban J connectivity index is 1.92. The highest BCUT2D eigenvalue weighted by atomic mass is 79.9. The number of halogens is 1. The normalized spacial score (nSPS) is 18.0. The summed E-state index contributed by atoms with van der Waals surface area (Å²) in [5.41, 5.74) is 1.15. The molecule has 4 rings (SSSR count). The van der Waals surface area contributed by atoms with Crippen molar-refractivity contribution in [1.29, 1.82) is 0 Å². The van der Waals surface area contributed by atoms with E-state index >= 15 is 0 Å². The summed E-state index contributed by atoms with van der Waals surface area (Å²) in [5.74, 6) is 0.301. The first kappa shape index (κ1) is 18.3.